The summed E-state index contributed by atoms with van der Waals surface area (Å²) in [5.74, 6) is 0.618. The lowest BCUT2D eigenvalue weighted by molar-refractivity contribution is 0.425. The SMILES string of the molecule is Cc1cn(C)c(Oc2ccccc2Cl)n1. The van der Waals surface area contributed by atoms with Crippen molar-refractivity contribution >= 4 is 11.6 Å². The van der Waals surface area contributed by atoms with E-state index in [0.717, 1.165) is 5.69 Å². The van der Waals surface area contributed by atoms with E-state index < -0.39 is 0 Å². The minimum Gasteiger partial charge on any atom is -0.424 e. The molecular formula is C11H11ClN2O. The van der Waals surface area contributed by atoms with Crippen LogP contribution in [0.1, 0.15) is 5.69 Å². The van der Waals surface area contributed by atoms with Gasteiger partial charge >= 0.3 is 6.01 Å². The first kappa shape index (κ1) is 10.1. The van der Waals surface area contributed by atoms with E-state index in [9.17, 15) is 0 Å². The molecule has 0 atom stereocenters. The molecule has 0 saturated heterocycles. The lowest BCUT2D eigenvalue weighted by Gasteiger charge is -2.05. The van der Waals surface area contributed by atoms with Crippen LogP contribution in [-0.4, -0.2) is 9.55 Å². The van der Waals surface area contributed by atoms with Crippen LogP contribution in [0.3, 0.4) is 0 Å². The number of rotatable bonds is 2. The molecule has 1 aromatic heterocycles. The Morgan fingerprint density at radius 2 is 2.07 bits per heavy atom. The molecule has 0 bridgehead atoms. The number of benzene rings is 1. The van der Waals surface area contributed by atoms with E-state index in [1.165, 1.54) is 0 Å². The summed E-state index contributed by atoms with van der Waals surface area (Å²) in [6, 6.07) is 7.87. The number of aryl methyl sites for hydroxylation is 2. The molecule has 0 amide bonds. The van der Waals surface area contributed by atoms with Crippen LogP contribution >= 0.6 is 11.6 Å². The van der Waals surface area contributed by atoms with Crippen LogP contribution in [0.4, 0.5) is 0 Å². The van der Waals surface area contributed by atoms with Gasteiger partial charge < -0.3 is 9.30 Å². The van der Waals surface area contributed by atoms with Crippen molar-refractivity contribution in [2.24, 2.45) is 7.05 Å². The molecule has 15 heavy (non-hydrogen) atoms. The fourth-order valence-corrected chi connectivity index (χ4v) is 1.49. The largest absolute Gasteiger partial charge is 0.424 e. The summed E-state index contributed by atoms with van der Waals surface area (Å²) in [7, 11) is 1.88. The van der Waals surface area contributed by atoms with Crippen molar-refractivity contribution in [1.29, 1.82) is 0 Å². The average molecular weight is 223 g/mol. The molecule has 0 fully saturated rings. The molecule has 3 nitrogen and oxygen atoms in total. The van der Waals surface area contributed by atoms with E-state index in [-0.39, 0.29) is 0 Å². The third-order valence-corrected chi connectivity index (χ3v) is 2.30. The fourth-order valence-electron chi connectivity index (χ4n) is 1.31. The highest BCUT2D eigenvalue weighted by Gasteiger charge is 2.06. The van der Waals surface area contributed by atoms with Gasteiger partial charge in [-0.15, -0.1) is 0 Å². The van der Waals surface area contributed by atoms with Crippen molar-refractivity contribution in [3.05, 3.63) is 41.2 Å². The van der Waals surface area contributed by atoms with Crippen LogP contribution in [0.15, 0.2) is 30.5 Å². The molecule has 1 heterocycles. The maximum Gasteiger partial charge on any atom is 0.301 e. The van der Waals surface area contributed by atoms with Gasteiger partial charge in [0.2, 0.25) is 0 Å². The van der Waals surface area contributed by atoms with Crippen LogP contribution < -0.4 is 4.74 Å². The summed E-state index contributed by atoms with van der Waals surface area (Å²) in [5.41, 5.74) is 0.916. The van der Waals surface area contributed by atoms with Crippen molar-refractivity contribution < 1.29 is 4.74 Å². The van der Waals surface area contributed by atoms with Gasteiger partial charge in [0.05, 0.1) is 10.7 Å². The minimum absolute atomic E-state index is 0.542. The summed E-state index contributed by atoms with van der Waals surface area (Å²) < 4.78 is 7.40. The Kier molecular flexibility index (Phi) is 2.64. The Bertz CT molecular complexity index is 479. The van der Waals surface area contributed by atoms with Crippen molar-refractivity contribution in [2.75, 3.05) is 0 Å². The minimum atomic E-state index is 0.542. The van der Waals surface area contributed by atoms with E-state index in [1.807, 2.05) is 42.9 Å². The maximum absolute atomic E-state index is 5.97. The van der Waals surface area contributed by atoms with Gasteiger partial charge in [-0.05, 0) is 19.1 Å². The Balaban J connectivity index is 2.29. The van der Waals surface area contributed by atoms with Crippen molar-refractivity contribution in [3.8, 4) is 11.8 Å². The van der Waals surface area contributed by atoms with Gasteiger partial charge in [-0.1, -0.05) is 23.7 Å². The highest BCUT2D eigenvalue weighted by molar-refractivity contribution is 6.32. The second-order valence-electron chi connectivity index (χ2n) is 3.31. The van der Waals surface area contributed by atoms with Crippen LogP contribution in [0.25, 0.3) is 0 Å². The molecule has 0 aliphatic rings. The molecule has 2 rings (SSSR count). The van der Waals surface area contributed by atoms with Crippen molar-refractivity contribution in [3.63, 3.8) is 0 Å². The van der Waals surface area contributed by atoms with Gasteiger partial charge in [-0.2, -0.15) is 0 Å². The number of para-hydroxylation sites is 1. The van der Waals surface area contributed by atoms with Crippen LogP contribution in [0.5, 0.6) is 11.8 Å². The summed E-state index contributed by atoms with van der Waals surface area (Å²) >= 11 is 5.97. The zero-order chi connectivity index (χ0) is 10.8. The lowest BCUT2D eigenvalue weighted by Crippen LogP contribution is -1.93. The van der Waals surface area contributed by atoms with Crippen LogP contribution in [0, 0.1) is 6.92 Å². The van der Waals surface area contributed by atoms with E-state index in [2.05, 4.69) is 4.98 Å². The normalized spacial score (nSPS) is 10.3. The van der Waals surface area contributed by atoms with Gasteiger partial charge in [-0.25, -0.2) is 4.98 Å². The zero-order valence-corrected chi connectivity index (χ0v) is 9.32. The molecule has 4 heteroatoms. The molecule has 0 N–H and O–H groups in total. The molecule has 0 spiro atoms. The molecule has 0 unspecified atom stereocenters. The highest BCUT2D eigenvalue weighted by atomic mass is 35.5. The van der Waals surface area contributed by atoms with E-state index in [4.69, 9.17) is 16.3 Å². The summed E-state index contributed by atoms with van der Waals surface area (Å²) in [4.78, 5) is 4.23. The van der Waals surface area contributed by atoms with Gasteiger partial charge in [0.25, 0.3) is 0 Å². The summed E-state index contributed by atoms with van der Waals surface area (Å²) in [6.45, 7) is 1.92. The lowest BCUT2D eigenvalue weighted by atomic mass is 10.3. The van der Waals surface area contributed by atoms with Crippen molar-refractivity contribution in [1.82, 2.24) is 9.55 Å². The number of halogens is 1. The number of ether oxygens (including phenoxy) is 1. The number of nitrogens with zero attached hydrogens (tertiary/aromatic N) is 2. The number of hydrogen-bond acceptors (Lipinski definition) is 2. The molecule has 2 aromatic rings. The Hall–Kier alpha value is -1.48. The predicted octanol–water partition coefficient (Wildman–Crippen LogP) is 3.17. The molecule has 0 radical (unpaired) electrons. The first-order valence-electron chi connectivity index (χ1n) is 4.59. The standard InChI is InChI=1S/C11H11ClN2O/c1-8-7-14(2)11(13-8)15-10-6-4-3-5-9(10)12/h3-7H,1-2H3. The molecule has 0 aliphatic carbocycles. The Morgan fingerprint density at radius 1 is 1.33 bits per heavy atom. The second kappa shape index (κ2) is 3.95. The van der Waals surface area contributed by atoms with E-state index >= 15 is 0 Å². The average Bonchev–Trinajstić information content (AvgIpc) is 2.49. The first-order chi connectivity index (χ1) is 7.16. The fraction of sp³-hybridized carbons (Fsp3) is 0.182. The second-order valence-corrected chi connectivity index (χ2v) is 3.72. The summed E-state index contributed by atoms with van der Waals surface area (Å²) in [6.07, 6.45) is 1.90. The highest BCUT2D eigenvalue weighted by Crippen LogP contribution is 2.27. The topological polar surface area (TPSA) is 27.1 Å². The maximum atomic E-state index is 5.97. The van der Waals surface area contributed by atoms with Crippen LogP contribution in [-0.2, 0) is 7.05 Å². The molecule has 1 aromatic carbocycles. The van der Waals surface area contributed by atoms with Gasteiger partial charge in [0.1, 0.15) is 5.75 Å². The molecule has 0 aliphatic heterocycles. The monoisotopic (exact) mass is 222 g/mol. The van der Waals surface area contributed by atoms with Gasteiger partial charge in [-0.3, -0.25) is 0 Å². The van der Waals surface area contributed by atoms with Gasteiger partial charge in [0.15, 0.2) is 0 Å². The number of imidazole rings is 1. The van der Waals surface area contributed by atoms with Crippen LogP contribution in [0.2, 0.25) is 5.02 Å². The zero-order valence-electron chi connectivity index (χ0n) is 8.57. The number of hydrogen-bond donors (Lipinski definition) is 0. The molecule has 78 valence electrons. The first-order valence-corrected chi connectivity index (χ1v) is 4.97. The molecular weight excluding hydrogens is 212 g/mol. The third-order valence-electron chi connectivity index (χ3n) is 1.99. The smallest absolute Gasteiger partial charge is 0.301 e. The third kappa shape index (κ3) is 2.13. The van der Waals surface area contributed by atoms with E-state index in [1.54, 1.807) is 6.07 Å². The summed E-state index contributed by atoms with van der Waals surface area (Å²) in [5, 5.41) is 0.582. The predicted molar refractivity (Wildman–Crippen MR) is 59.5 cm³/mol. The van der Waals surface area contributed by atoms with Gasteiger partial charge in [0, 0.05) is 13.2 Å². The Morgan fingerprint density at radius 3 is 2.67 bits per heavy atom. The number of aromatic nitrogens is 2. The Labute approximate surface area is 93.3 Å². The molecule has 0 saturated carbocycles. The quantitative estimate of drug-likeness (QED) is 0.781. The van der Waals surface area contributed by atoms with E-state index in [0.29, 0.717) is 16.8 Å². The van der Waals surface area contributed by atoms with Crippen molar-refractivity contribution in [2.45, 2.75) is 6.92 Å².